The second-order valence-electron chi connectivity index (χ2n) is 12.6. The summed E-state index contributed by atoms with van der Waals surface area (Å²) in [7, 11) is -1.43. The Balaban J connectivity index is 0.000000183. The minimum atomic E-state index is -1.43. The van der Waals surface area contributed by atoms with Crippen LogP contribution in [0.15, 0.2) is 186 Å². The molecule has 8 rings (SSSR count). The predicted octanol–water partition coefficient (Wildman–Crippen LogP) is 9.41. The van der Waals surface area contributed by atoms with Crippen molar-refractivity contribution in [1.29, 1.82) is 0 Å². The maximum absolute atomic E-state index is 9.20. The summed E-state index contributed by atoms with van der Waals surface area (Å²) in [6.45, 7) is 5.72. The van der Waals surface area contributed by atoms with Gasteiger partial charge in [-0.1, -0.05) is 175 Å². The number of benzene rings is 8. The molecule has 5 heteroatoms. The maximum Gasteiger partial charge on any atom is 1.00 e. The maximum atomic E-state index is 9.20. The molecule has 0 spiro atoms. The first-order valence-corrected chi connectivity index (χ1v) is 18.4. The van der Waals surface area contributed by atoms with Crippen LogP contribution in [0, 0.1) is 6.92 Å². The molecule has 0 aliphatic carbocycles. The van der Waals surface area contributed by atoms with Crippen LogP contribution in [0.3, 0.4) is 0 Å². The first-order valence-electron chi connectivity index (χ1n) is 17.6. The Labute approximate surface area is 334 Å². The quantitative estimate of drug-likeness (QED) is 0.132. The Bertz CT molecular complexity index is 2340. The average molecular weight is 748 g/mol. The van der Waals surface area contributed by atoms with Gasteiger partial charge in [-0.3, -0.25) is 0 Å². The van der Waals surface area contributed by atoms with E-state index in [9.17, 15) is 10.0 Å². The largest absolute Gasteiger partial charge is 1.00 e. The summed E-state index contributed by atoms with van der Waals surface area (Å²) in [5.41, 5.74) is 10.1. The van der Waals surface area contributed by atoms with E-state index in [0.717, 1.165) is 22.0 Å². The number of hydrogen-bond acceptors (Lipinski definition) is 2. The third kappa shape index (κ3) is 10.5. The van der Waals surface area contributed by atoms with Crippen LogP contribution in [0.1, 0.15) is 19.8 Å². The topological polar surface area (TPSA) is 40.5 Å². The van der Waals surface area contributed by atoms with Crippen LogP contribution in [-0.2, 0) is 0 Å². The van der Waals surface area contributed by atoms with Gasteiger partial charge in [0.2, 0.25) is 0 Å². The first-order chi connectivity index (χ1) is 25.4. The zero-order valence-electron chi connectivity index (χ0n) is 30.3. The van der Waals surface area contributed by atoms with Gasteiger partial charge in [0.25, 0.3) is 0 Å². The predicted molar refractivity (Wildman–Crippen MR) is 227 cm³/mol. The van der Waals surface area contributed by atoms with E-state index in [1.165, 1.54) is 61.3 Å². The third-order valence-corrected chi connectivity index (χ3v) is 9.50. The Morgan fingerprint density at radius 2 is 0.717 bits per heavy atom. The van der Waals surface area contributed by atoms with E-state index in [-0.39, 0.29) is 18.9 Å². The van der Waals surface area contributed by atoms with Crippen LogP contribution in [0.25, 0.3) is 66.1 Å². The monoisotopic (exact) mass is 746 g/mol. The van der Waals surface area contributed by atoms with Crippen molar-refractivity contribution in [3.8, 4) is 44.5 Å². The Kier molecular flexibility index (Phi) is 14.5. The minimum absolute atomic E-state index is 0. The summed E-state index contributed by atoms with van der Waals surface area (Å²) in [4.78, 5) is 0. The SMILES string of the molecule is Brc1ccc(-c2ccc3cc(-c4ccccc4)ccc3c2)cc1.OB(O)c1ccc(-c2ccc3cc(-c4ccccc4)ccc3c2)cc1.[CH2-]CCC.[Li+]. The molecule has 53 heavy (non-hydrogen) atoms. The van der Waals surface area contributed by atoms with Crippen molar-refractivity contribution < 1.29 is 28.9 Å². The summed E-state index contributed by atoms with van der Waals surface area (Å²) in [5.74, 6) is 0. The van der Waals surface area contributed by atoms with Gasteiger partial charge in [-0.2, -0.15) is 6.42 Å². The molecule has 0 unspecified atom stereocenters. The van der Waals surface area contributed by atoms with Gasteiger partial charge in [-0.25, -0.2) is 0 Å². The van der Waals surface area contributed by atoms with Gasteiger partial charge in [0.15, 0.2) is 0 Å². The van der Waals surface area contributed by atoms with E-state index in [1.807, 2.05) is 18.2 Å². The standard InChI is InChI=1S/C22H17BO2.C22H15Br.C4H9.Li/c24-23(25)22-12-10-17(11-13-22)19-7-9-20-14-18(6-8-21(20)15-19)16-4-2-1-3-5-16;23-22-12-10-17(11-13-22)19-7-9-20-14-18(6-8-21(20)15-19)16-4-2-1-3-5-16;1-3-4-2;/h1-15,24-25H;1-15H;1,3-4H2,2H3;/q;;-1;+1. The van der Waals surface area contributed by atoms with Crippen molar-refractivity contribution in [2.45, 2.75) is 19.8 Å². The minimum Gasteiger partial charge on any atom is -0.423 e. The zero-order chi connectivity index (χ0) is 36.3. The molecule has 0 radical (unpaired) electrons. The number of fused-ring (bicyclic) bond motifs is 2. The summed E-state index contributed by atoms with van der Waals surface area (Å²) in [6, 6.07) is 62.8. The van der Waals surface area contributed by atoms with Crippen LogP contribution in [0.5, 0.6) is 0 Å². The zero-order valence-corrected chi connectivity index (χ0v) is 31.9. The molecule has 8 aromatic carbocycles. The van der Waals surface area contributed by atoms with Crippen LogP contribution >= 0.6 is 15.9 Å². The van der Waals surface area contributed by atoms with Crippen molar-refractivity contribution in [3.05, 3.63) is 193 Å². The van der Waals surface area contributed by atoms with Crippen LogP contribution < -0.4 is 24.3 Å². The van der Waals surface area contributed by atoms with Crippen LogP contribution in [-0.4, -0.2) is 17.2 Å². The first kappa shape index (κ1) is 39.5. The molecular weight excluding hydrogens is 706 g/mol. The molecule has 0 saturated heterocycles. The van der Waals surface area contributed by atoms with Gasteiger partial charge in [0.1, 0.15) is 0 Å². The van der Waals surface area contributed by atoms with Crippen molar-refractivity contribution in [2.24, 2.45) is 0 Å². The molecule has 2 N–H and O–H groups in total. The second-order valence-corrected chi connectivity index (χ2v) is 13.6. The second kappa shape index (κ2) is 19.4. The molecule has 256 valence electrons. The molecular formula is C48H41BBrLiO2. The Hall–Kier alpha value is -4.66. The molecule has 0 bridgehead atoms. The van der Waals surface area contributed by atoms with Gasteiger partial charge in [0, 0.05) is 4.47 Å². The Morgan fingerprint density at radius 3 is 1.02 bits per heavy atom. The van der Waals surface area contributed by atoms with Gasteiger partial charge in [0.05, 0.1) is 0 Å². The molecule has 0 heterocycles. The molecule has 0 atom stereocenters. The fraction of sp³-hybridized carbons (Fsp3) is 0.0625. The van der Waals surface area contributed by atoms with Crippen LogP contribution in [0.4, 0.5) is 0 Å². The third-order valence-electron chi connectivity index (χ3n) is 8.97. The van der Waals surface area contributed by atoms with Crippen LogP contribution in [0.2, 0.25) is 0 Å². The fourth-order valence-electron chi connectivity index (χ4n) is 5.96. The smallest absolute Gasteiger partial charge is 0.423 e. The fourth-order valence-corrected chi connectivity index (χ4v) is 6.23. The summed E-state index contributed by atoms with van der Waals surface area (Å²) < 4.78 is 1.11. The number of hydrogen-bond donors (Lipinski definition) is 2. The van der Waals surface area contributed by atoms with Gasteiger partial charge in [-0.05, 0) is 108 Å². The van der Waals surface area contributed by atoms with Crippen molar-refractivity contribution >= 4 is 50.1 Å². The van der Waals surface area contributed by atoms with E-state index < -0.39 is 7.12 Å². The summed E-state index contributed by atoms with van der Waals surface area (Å²) in [5, 5.41) is 23.3. The number of unbranched alkanes of at least 4 members (excludes halogenated alkanes) is 1. The van der Waals surface area contributed by atoms with Gasteiger partial charge >= 0.3 is 26.0 Å². The molecule has 0 saturated carbocycles. The van der Waals surface area contributed by atoms with Crippen molar-refractivity contribution in [2.75, 3.05) is 0 Å². The number of rotatable bonds is 6. The number of halogens is 1. The molecule has 0 fully saturated rings. The molecule has 0 amide bonds. The van der Waals surface area contributed by atoms with Crippen molar-refractivity contribution in [3.63, 3.8) is 0 Å². The van der Waals surface area contributed by atoms with Crippen molar-refractivity contribution in [1.82, 2.24) is 0 Å². The summed E-state index contributed by atoms with van der Waals surface area (Å²) >= 11 is 3.49. The van der Waals surface area contributed by atoms with Gasteiger partial charge in [-0.15, -0.1) is 0 Å². The van der Waals surface area contributed by atoms with E-state index in [2.05, 4.69) is 181 Å². The van der Waals surface area contributed by atoms with E-state index in [1.54, 1.807) is 12.1 Å². The molecule has 0 aliphatic rings. The molecule has 8 aromatic rings. The molecule has 2 nitrogen and oxygen atoms in total. The van der Waals surface area contributed by atoms with E-state index in [4.69, 9.17) is 0 Å². The normalized spacial score (nSPS) is 10.4. The Morgan fingerprint density at radius 1 is 0.434 bits per heavy atom. The molecule has 0 aliphatic heterocycles. The summed E-state index contributed by atoms with van der Waals surface area (Å²) in [6.07, 6.45) is 2.28. The van der Waals surface area contributed by atoms with E-state index >= 15 is 0 Å². The van der Waals surface area contributed by atoms with Gasteiger partial charge < -0.3 is 17.0 Å². The molecule has 0 aromatic heterocycles. The average Bonchev–Trinajstić information content (AvgIpc) is 3.21. The van der Waals surface area contributed by atoms with E-state index in [0.29, 0.717) is 5.46 Å².